The van der Waals surface area contributed by atoms with E-state index in [1.807, 2.05) is 54.7 Å². The fourth-order valence-electron chi connectivity index (χ4n) is 3.70. The van der Waals surface area contributed by atoms with Gasteiger partial charge in [0.1, 0.15) is 18.0 Å². The Bertz CT molecular complexity index is 1150. The number of hydrogen-bond acceptors (Lipinski definition) is 6. The van der Waals surface area contributed by atoms with Crippen LogP contribution in [-0.2, 0) is 14.3 Å². The monoisotopic (exact) mass is 478 g/mol. The van der Waals surface area contributed by atoms with Crippen molar-refractivity contribution in [3.05, 3.63) is 54.7 Å². The van der Waals surface area contributed by atoms with Crippen molar-refractivity contribution in [2.75, 3.05) is 46.3 Å². The van der Waals surface area contributed by atoms with Crippen molar-refractivity contribution in [3.8, 4) is 28.4 Å². The molecular formula is C26H30N4O5. The molecular weight excluding hydrogens is 448 g/mol. The second-order valence-electron chi connectivity index (χ2n) is 8.32. The van der Waals surface area contributed by atoms with Crippen LogP contribution in [0.4, 0.5) is 5.95 Å². The molecule has 0 radical (unpaired) electrons. The Labute approximate surface area is 204 Å². The highest BCUT2D eigenvalue weighted by Crippen LogP contribution is 2.31. The first-order valence-electron chi connectivity index (χ1n) is 11.5. The Balaban J connectivity index is 1.60. The lowest BCUT2D eigenvalue weighted by molar-refractivity contribution is -0.136. The van der Waals surface area contributed by atoms with Crippen molar-refractivity contribution in [3.63, 3.8) is 0 Å². The molecule has 4 rings (SSSR count). The molecule has 0 atom stereocenters. The lowest BCUT2D eigenvalue weighted by Gasteiger charge is -2.21. The van der Waals surface area contributed by atoms with E-state index < -0.39 is 0 Å². The molecule has 0 bridgehead atoms. The minimum Gasteiger partial charge on any atom is -0.497 e. The van der Waals surface area contributed by atoms with Crippen LogP contribution in [0.5, 0.6) is 11.5 Å². The van der Waals surface area contributed by atoms with Crippen molar-refractivity contribution in [2.24, 2.45) is 5.92 Å². The van der Waals surface area contributed by atoms with E-state index in [0.29, 0.717) is 24.8 Å². The van der Waals surface area contributed by atoms with Crippen LogP contribution >= 0.6 is 0 Å². The number of imidazole rings is 1. The van der Waals surface area contributed by atoms with Crippen LogP contribution in [0.2, 0.25) is 0 Å². The summed E-state index contributed by atoms with van der Waals surface area (Å²) in [6, 6.07) is 15.0. The predicted octanol–water partition coefficient (Wildman–Crippen LogP) is 3.38. The second kappa shape index (κ2) is 11.1. The van der Waals surface area contributed by atoms with E-state index in [2.05, 4.69) is 10.3 Å². The zero-order valence-electron chi connectivity index (χ0n) is 20.2. The third-order valence-electron chi connectivity index (χ3n) is 5.83. The molecule has 184 valence electrons. The van der Waals surface area contributed by atoms with E-state index in [9.17, 15) is 9.59 Å². The van der Waals surface area contributed by atoms with Crippen LogP contribution in [0.15, 0.2) is 54.7 Å². The minimum absolute atomic E-state index is 0.00498. The summed E-state index contributed by atoms with van der Waals surface area (Å²) in [4.78, 5) is 31.9. The Kier molecular flexibility index (Phi) is 7.67. The van der Waals surface area contributed by atoms with Crippen LogP contribution < -0.4 is 14.8 Å². The SMILES string of the molecule is COCCN(CC(=O)Nc1nc(-c2ccc(OC)cc2)cn1-c1ccc(OC)cc1)C(=O)C1CC1. The molecule has 1 aromatic heterocycles. The van der Waals surface area contributed by atoms with Crippen molar-refractivity contribution >= 4 is 17.8 Å². The largest absolute Gasteiger partial charge is 0.497 e. The molecule has 0 aliphatic heterocycles. The first-order valence-corrected chi connectivity index (χ1v) is 11.5. The van der Waals surface area contributed by atoms with E-state index in [-0.39, 0.29) is 24.3 Å². The Morgan fingerprint density at radius 2 is 1.63 bits per heavy atom. The number of nitrogens with one attached hydrogen (secondary N) is 1. The molecule has 2 aromatic carbocycles. The molecule has 35 heavy (non-hydrogen) atoms. The summed E-state index contributed by atoms with van der Waals surface area (Å²) in [6.45, 7) is 0.670. The van der Waals surface area contributed by atoms with Crippen LogP contribution in [0.25, 0.3) is 16.9 Å². The molecule has 1 saturated carbocycles. The summed E-state index contributed by atoms with van der Waals surface area (Å²) in [5.41, 5.74) is 2.36. The summed E-state index contributed by atoms with van der Waals surface area (Å²) < 4.78 is 17.4. The van der Waals surface area contributed by atoms with Crippen LogP contribution in [-0.4, -0.2) is 67.3 Å². The molecule has 2 amide bonds. The number of carbonyl (C=O) groups is 2. The van der Waals surface area contributed by atoms with Crippen LogP contribution in [0, 0.1) is 5.92 Å². The van der Waals surface area contributed by atoms with E-state index in [1.54, 1.807) is 30.8 Å². The van der Waals surface area contributed by atoms with Gasteiger partial charge in [0.05, 0.1) is 26.5 Å². The fourth-order valence-corrected chi connectivity index (χ4v) is 3.70. The molecule has 1 fully saturated rings. The second-order valence-corrected chi connectivity index (χ2v) is 8.32. The molecule has 0 spiro atoms. The maximum Gasteiger partial charge on any atom is 0.246 e. The number of nitrogens with zero attached hydrogens (tertiary/aromatic N) is 3. The topological polar surface area (TPSA) is 94.9 Å². The summed E-state index contributed by atoms with van der Waals surface area (Å²) in [7, 11) is 4.80. The van der Waals surface area contributed by atoms with Gasteiger partial charge in [0.15, 0.2) is 0 Å². The van der Waals surface area contributed by atoms with Gasteiger partial charge >= 0.3 is 0 Å². The minimum atomic E-state index is -0.322. The predicted molar refractivity (Wildman–Crippen MR) is 132 cm³/mol. The number of rotatable bonds is 11. The number of benzene rings is 2. The van der Waals surface area contributed by atoms with Gasteiger partial charge in [-0.25, -0.2) is 4.98 Å². The number of methoxy groups -OCH3 is 3. The summed E-state index contributed by atoms with van der Waals surface area (Å²) in [6.07, 6.45) is 3.60. The average molecular weight is 479 g/mol. The Hall–Kier alpha value is -3.85. The Morgan fingerprint density at radius 3 is 2.20 bits per heavy atom. The highest BCUT2D eigenvalue weighted by Gasteiger charge is 2.34. The van der Waals surface area contributed by atoms with Gasteiger partial charge < -0.3 is 19.1 Å². The smallest absolute Gasteiger partial charge is 0.246 e. The number of ether oxygens (including phenoxy) is 3. The maximum absolute atomic E-state index is 13.0. The molecule has 0 saturated heterocycles. The lowest BCUT2D eigenvalue weighted by Crippen LogP contribution is -2.41. The van der Waals surface area contributed by atoms with Crippen LogP contribution in [0.1, 0.15) is 12.8 Å². The molecule has 1 heterocycles. The maximum atomic E-state index is 13.0. The molecule has 1 aliphatic rings. The standard InChI is InChI=1S/C26H30N4O5/c1-33-15-14-29(25(32)19-4-5-19)17-24(31)28-26-27-23(18-6-10-21(34-2)11-7-18)16-30(26)20-8-12-22(35-3)13-9-20/h6-13,16,19H,4-5,14-15,17H2,1-3H3,(H,27,28,31). The number of aromatic nitrogens is 2. The molecule has 3 aromatic rings. The average Bonchev–Trinajstić information content (AvgIpc) is 3.66. The van der Waals surface area contributed by atoms with Gasteiger partial charge in [-0.2, -0.15) is 0 Å². The third kappa shape index (κ3) is 5.99. The first kappa shape index (κ1) is 24.3. The molecule has 1 aliphatic carbocycles. The van der Waals surface area contributed by atoms with E-state index in [1.165, 1.54) is 0 Å². The molecule has 0 unspecified atom stereocenters. The Morgan fingerprint density at radius 1 is 1.00 bits per heavy atom. The fraction of sp³-hybridized carbons (Fsp3) is 0.346. The van der Waals surface area contributed by atoms with Gasteiger partial charge in [0.2, 0.25) is 17.8 Å². The molecule has 1 N–H and O–H groups in total. The van der Waals surface area contributed by atoms with Crippen LogP contribution in [0.3, 0.4) is 0 Å². The van der Waals surface area contributed by atoms with Gasteiger partial charge in [0, 0.05) is 37.0 Å². The molecule has 9 nitrogen and oxygen atoms in total. The number of amides is 2. The first-order chi connectivity index (χ1) is 17.0. The molecule has 9 heteroatoms. The normalized spacial score (nSPS) is 12.8. The zero-order chi connectivity index (χ0) is 24.8. The van der Waals surface area contributed by atoms with Gasteiger partial charge in [-0.3, -0.25) is 19.5 Å². The number of carbonyl (C=O) groups excluding carboxylic acids is 2. The van der Waals surface area contributed by atoms with E-state index in [0.717, 1.165) is 35.6 Å². The number of hydrogen-bond donors (Lipinski definition) is 1. The lowest BCUT2D eigenvalue weighted by atomic mass is 10.1. The van der Waals surface area contributed by atoms with E-state index in [4.69, 9.17) is 14.2 Å². The van der Waals surface area contributed by atoms with Crippen molar-refractivity contribution in [2.45, 2.75) is 12.8 Å². The van der Waals surface area contributed by atoms with Crippen molar-refractivity contribution in [1.29, 1.82) is 0 Å². The summed E-state index contributed by atoms with van der Waals surface area (Å²) >= 11 is 0. The highest BCUT2D eigenvalue weighted by molar-refractivity contribution is 5.94. The highest BCUT2D eigenvalue weighted by atomic mass is 16.5. The number of anilines is 1. The zero-order valence-corrected chi connectivity index (χ0v) is 20.2. The third-order valence-corrected chi connectivity index (χ3v) is 5.83. The van der Waals surface area contributed by atoms with Gasteiger partial charge in [-0.15, -0.1) is 0 Å². The van der Waals surface area contributed by atoms with Crippen molar-refractivity contribution < 1.29 is 23.8 Å². The van der Waals surface area contributed by atoms with Gasteiger partial charge in [0.25, 0.3) is 0 Å². The van der Waals surface area contributed by atoms with Gasteiger partial charge in [-0.05, 0) is 61.4 Å². The van der Waals surface area contributed by atoms with Crippen molar-refractivity contribution in [1.82, 2.24) is 14.5 Å². The van der Waals surface area contributed by atoms with E-state index >= 15 is 0 Å². The summed E-state index contributed by atoms with van der Waals surface area (Å²) in [5, 5.41) is 2.89. The summed E-state index contributed by atoms with van der Waals surface area (Å²) in [5.74, 6) is 1.51. The quantitative estimate of drug-likeness (QED) is 0.454. The van der Waals surface area contributed by atoms with Gasteiger partial charge in [-0.1, -0.05) is 0 Å².